The molecule has 0 atom stereocenters. The molecule has 1 aliphatic heterocycles. The van der Waals surface area contributed by atoms with Crippen molar-refractivity contribution in [1.29, 1.82) is 0 Å². The van der Waals surface area contributed by atoms with E-state index in [0.717, 1.165) is 15.5 Å². The molecule has 2 amide bonds. The minimum absolute atomic E-state index is 0.0430. The number of fused-ring (bicyclic) bond motifs is 2. The highest BCUT2D eigenvalue weighted by atomic mass is 32.2. The van der Waals surface area contributed by atoms with Gasteiger partial charge in [-0.25, -0.2) is 9.67 Å². The molecule has 4 aromatic rings. The molecular formula is C22H19N5O2S2. The standard InChI is InChI=1S/C22H19N5O2S2/c1-12(2)27-21-15(10-23-27)14(9-17(26-21)18-4-3-7-30-18)22(29)24-13-5-6-19-16(8-13)25-20(28)11-31-19/h3-10,12H,11H2,1-2H3,(H,24,29)(H,25,28). The molecule has 3 aromatic heterocycles. The van der Waals surface area contributed by atoms with Crippen molar-refractivity contribution in [2.75, 3.05) is 16.4 Å². The number of nitrogens with one attached hydrogen (secondary N) is 2. The Kier molecular flexibility index (Phi) is 4.99. The number of benzene rings is 1. The predicted molar refractivity (Wildman–Crippen MR) is 125 cm³/mol. The van der Waals surface area contributed by atoms with E-state index in [4.69, 9.17) is 4.98 Å². The van der Waals surface area contributed by atoms with Crippen molar-refractivity contribution < 1.29 is 9.59 Å². The summed E-state index contributed by atoms with van der Waals surface area (Å²) in [7, 11) is 0. The second-order valence-corrected chi connectivity index (χ2v) is 9.42. The van der Waals surface area contributed by atoms with Crippen molar-refractivity contribution in [3.63, 3.8) is 0 Å². The highest BCUT2D eigenvalue weighted by Crippen LogP contribution is 2.34. The van der Waals surface area contributed by atoms with E-state index >= 15 is 0 Å². The van der Waals surface area contributed by atoms with Crippen LogP contribution in [-0.2, 0) is 4.79 Å². The largest absolute Gasteiger partial charge is 0.324 e. The molecule has 1 aromatic carbocycles. The van der Waals surface area contributed by atoms with Crippen molar-refractivity contribution >= 4 is 57.3 Å². The summed E-state index contributed by atoms with van der Waals surface area (Å²) >= 11 is 3.06. The number of rotatable bonds is 4. The maximum absolute atomic E-state index is 13.3. The van der Waals surface area contributed by atoms with Crippen molar-refractivity contribution in [3.05, 3.63) is 53.5 Å². The topological polar surface area (TPSA) is 88.9 Å². The minimum Gasteiger partial charge on any atom is -0.324 e. The highest BCUT2D eigenvalue weighted by Gasteiger charge is 2.20. The lowest BCUT2D eigenvalue weighted by Gasteiger charge is -2.17. The van der Waals surface area contributed by atoms with Crippen molar-refractivity contribution in [2.24, 2.45) is 0 Å². The molecule has 0 radical (unpaired) electrons. The van der Waals surface area contributed by atoms with Gasteiger partial charge in [-0.2, -0.15) is 5.10 Å². The molecule has 4 heterocycles. The number of carbonyl (C=O) groups is 2. The Bertz CT molecular complexity index is 1310. The number of thioether (sulfide) groups is 1. The Morgan fingerprint density at radius 2 is 2.13 bits per heavy atom. The average Bonchev–Trinajstić information content (AvgIpc) is 3.42. The molecular weight excluding hydrogens is 430 g/mol. The summed E-state index contributed by atoms with van der Waals surface area (Å²) in [6, 6.07) is 11.4. The number of carbonyl (C=O) groups excluding carboxylic acids is 2. The van der Waals surface area contributed by atoms with Crippen molar-refractivity contribution in [2.45, 2.75) is 24.8 Å². The number of hydrogen-bond acceptors (Lipinski definition) is 6. The van der Waals surface area contributed by atoms with Crippen LogP contribution in [0.1, 0.15) is 30.2 Å². The quantitative estimate of drug-likeness (QED) is 0.456. The van der Waals surface area contributed by atoms with Crippen molar-refractivity contribution in [3.8, 4) is 10.6 Å². The summed E-state index contributed by atoms with van der Waals surface area (Å²) in [6.07, 6.45) is 1.69. The first kappa shape index (κ1) is 19.8. The summed E-state index contributed by atoms with van der Waals surface area (Å²) in [5.74, 6) is 0.112. The van der Waals surface area contributed by atoms with E-state index in [9.17, 15) is 9.59 Å². The van der Waals surface area contributed by atoms with Crippen molar-refractivity contribution in [1.82, 2.24) is 14.8 Å². The molecule has 0 saturated heterocycles. The van der Waals surface area contributed by atoms with Gasteiger partial charge in [-0.15, -0.1) is 23.1 Å². The van der Waals surface area contributed by atoms with Crippen LogP contribution in [0.4, 0.5) is 11.4 Å². The normalized spacial score (nSPS) is 13.3. The first-order valence-electron chi connectivity index (χ1n) is 9.80. The molecule has 9 heteroatoms. The minimum atomic E-state index is -0.247. The van der Waals surface area contributed by atoms with Crippen LogP contribution in [0.3, 0.4) is 0 Å². The molecule has 0 unspecified atom stereocenters. The van der Waals surface area contributed by atoms with Gasteiger partial charge in [0.1, 0.15) is 0 Å². The third kappa shape index (κ3) is 3.70. The van der Waals surface area contributed by atoms with E-state index in [1.807, 2.05) is 54.2 Å². The van der Waals surface area contributed by atoms with E-state index in [0.29, 0.717) is 33.7 Å². The molecule has 31 heavy (non-hydrogen) atoms. The van der Waals surface area contributed by atoms with E-state index in [1.165, 1.54) is 11.8 Å². The molecule has 156 valence electrons. The molecule has 1 aliphatic rings. The van der Waals surface area contributed by atoms with Crippen LogP contribution in [0.25, 0.3) is 21.6 Å². The van der Waals surface area contributed by atoms with Gasteiger partial charge >= 0.3 is 0 Å². The van der Waals surface area contributed by atoms with Crippen LogP contribution in [0.2, 0.25) is 0 Å². The lowest BCUT2D eigenvalue weighted by atomic mass is 10.1. The zero-order valence-corrected chi connectivity index (χ0v) is 18.5. The lowest BCUT2D eigenvalue weighted by molar-refractivity contribution is -0.113. The maximum atomic E-state index is 13.3. The van der Waals surface area contributed by atoms with Gasteiger partial charge in [0.2, 0.25) is 5.91 Å². The molecule has 0 bridgehead atoms. The average molecular weight is 450 g/mol. The smallest absolute Gasteiger partial charge is 0.256 e. The zero-order chi connectivity index (χ0) is 21.5. The zero-order valence-electron chi connectivity index (χ0n) is 16.9. The Balaban J connectivity index is 1.55. The number of amides is 2. The molecule has 0 aliphatic carbocycles. The third-order valence-electron chi connectivity index (χ3n) is 4.94. The van der Waals surface area contributed by atoms with E-state index in [2.05, 4.69) is 15.7 Å². The Morgan fingerprint density at radius 1 is 1.26 bits per heavy atom. The summed E-state index contributed by atoms with van der Waals surface area (Å²) in [4.78, 5) is 31.8. The summed E-state index contributed by atoms with van der Waals surface area (Å²) in [5.41, 5.74) is 3.26. The van der Waals surface area contributed by atoms with Crippen LogP contribution < -0.4 is 10.6 Å². The Labute approximate surface area is 186 Å². The van der Waals surface area contributed by atoms with Crippen LogP contribution in [0.5, 0.6) is 0 Å². The fraction of sp³-hybridized carbons (Fsp3) is 0.182. The fourth-order valence-corrected chi connectivity index (χ4v) is 4.97. The van der Waals surface area contributed by atoms with Gasteiger partial charge in [-0.3, -0.25) is 9.59 Å². The molecule has 5 rings (SSSR count). The van der Waals surface area contributed by atoms with E-state index in [1.54, 1.807) is 23.6 Å². The maximum Gasteiger partial charge on any atom is 0.256 e. The van der Waals surface area contributed by atoms with Gasteiger partial charge in [0, 0.05) is 16.6 Å². The van der Waals surface area contributed by atoms with Gasteiger partial charge in [-0.1, -0.05) is 6.07 Å². The monoisotopic (exact) mass is 449 g/mol. The molecule has 0 fully saturated rings. The molecule has 2 N–H and O–H groups in total. The highest BCUT2D eigenvalue weighted by molar-refractivity contribution is 8.00. The van der Waals surface area contributed by atoms with Gasteiger partial charge in [0.05, 0.1) is 39.2 Å². The van der Waals surface area contributed by atoms with Crippen LogP contribution in [-0.4, -0.2) is 32.3 Å². The van der Waals surface area contributed by atoms with E-state index in [-0.39, 0.29) is 17.9 Å². The number of hydrogen-bond donors (Lipinski definition) is 2. The third-order valence-corrected chi connectivity index (χ3v) is 6.91. The van der Waals surface area contributed by atoms with Crippen LogP contribution in [0.15, 0.2) is 52.9 Å². The number of nitrogens with zero attached hydrogens (tertiary/aromatic N) is 3. The summed E-state index contributed by atoms with van der Waals surface area (Å²) < 4.78 is 1.83. The number of anilines is 2. The lowest BCUT2D eigenvalue weighted by Crippen LogP contribution is -2.19. The first-order chi connectivity index (χ1) is 15.0. The van der Waals surface area contributed by atoms with Gasteiger partial charge in [-0.05, 0) is 49.6 Å². The SMILES string of the molecule is CC(C)n1ncc2c(C(=O)Nc3ccc4c(c3)NC(=O)CS4)cc(-c3cccs3)nc21. The molecule has 0 saturated carbocycles. The Morgan fingerprint density at radius 3 is 2.90 bits per heavy atom. The van der Waals surface area contributed by atoms with Gasteiger partial charge < -0.3 is 10.6 Å². The first-order valence-corrected chi connectivity index (χ1v) is 11.7. The van der Waals surface area contributed by atoms with Crippen LogP contribution in [0, 0.1) is 0 Å². The number of thiophene rings is 1. The van der Waals surface area contributed by atoms with Gasteiger partial charge in [0.15, 0.2) is 5.65 Å². The summed E-state index contributed by atoms with van der Waals surface area (Å²) in [6.45, 7) is 4.07. The van der Waals surface area contributed by atoms with Crippen LogP contribution >= 0.6 is 23.1 Å². The number of aromatic nitrogens is 3. The number of pyridine rings is 1. The molecule has 0 spiro atoms. The summed E-state index contributed by atoms with van der Waals surface area (Å²) in [5, 5.41) is 13.0. The van der Waals surface area contributed by atoms with E-state index < -0.39 is 0 Å². The fourth-order valence-electron chi connectivity index (χ4n) is 3.49. The van der Waals surface area contributed by atoms with Gasteiger partial charge in [0.25, 0.3) is 5.91 Å². The second kappa shape index (κ2) is 7.82. The predicted octanol–water partition coefficient (Wildman–Crippen LogP) is 5.04. The Hall–Kier alpha value is -3.17. The second-order valence-electron chi connectivity index (χ2n) is 7.45. The molecule has 7 nitrogen and oxygen atoms in total.